The van der Waals surface area contributed by atoms with Crippen LogP contribution >= 0.6 is 15.9 Å². The van der Waals surface area contributed by atoms with E-state index in [2.05, 4.69) is 43.6 Å². The van der Waals surface area contributed by atoms with Gasteiger partial charge in [0.1, 0.15) is 5.75 Å². The molecule has 1 aromatic carbocycles. The van der Waals surface area contributed by atoms with Gasteiger partial charge in [-0.05, 0) is 29.8 Å². The van der Waals surface area contributed by atoms with Crippen molar-refractivity contribution < 1.29 is 4.74 Å². The molecule has 0 radical (unpaired) electrons. The van der Waals surface area contributed by atoms with E-state index in [4.69, 9.17) is 4.74 Å². The molecule has 1 heterocycles. The molecule has 1 aromatic heterocycles. The lowest BCUT2D eigenvalue weighted by Gasteiger charge is -2.08. The monoisotopic (exact) mass is 325 g/mol. The highest BCUT2D eigenvalue weighted by atomic mass is 79.9. The first-order valence-electron chi connectivity index (χ1n) is 6.07. The normalized spacial score (nSPS) is 10.5. The second-order valence-corrected chi connectivity index (χ2v) is 4.93. The molecular weight excluding hydrogens is 310 g/mol. The second-order valence-electron chi connectivity index (χ2n) is 4.02. The molecule has 19 heavy (non-hydrogen) atoms. The molecule has 0 aliphatic carbocycles. The van der Waals surface area contributed by atoms with Crippen LogP contribution < -0.4 is 10.1 Å². The summed E-state index contributed by atoms with van der Waals surface area (Å²) >= 11 is 3.45. The molecule has 102 valence electrons. The summed E-state index contributed by atoms with van der Waals surface area (Å²) in [4.78, 5) is 1.58. The highest BCUT2D eigenvalue weighted by molar-refractivity contribution is 9.10. The first-order valence-corrected chi connectivity index (χ1v) is 6.86. The van der Waals surface area contributed by atoms with Crippen LogP contribution in [-0.2, 0) is 13.1 Å². The van der Waals surface area contributed by atoms with Gasteiger partial charge < -0.3 is 10.1 Å². The van der Waals surface area contributed by atoms with Crippen LogP contribution in [0.15, 0.2) is 22.7 Å². The standard InChI is InChI=1S/C12H16BrN5O/c1-3-6-18-16-12(15-17-18)14-8-9-7-10(13)4-5-11(9)19-2/h4-5,7H,3,6,8H2,1-2H3,(H,14,16). The highest BCUT2D eigenvalue weighted by Crippen LogP contribution is 2.23. The molecule has 0 bridgehead atoms. The summed E-state index contributed by atoms with van der Waals surface area (Å²) in [5.41, 5.74) is 1.03. The Bertz CT molecular complexity index is 543. The minimum absolute atomic E-state index is 0.524. The molecule has 0 atom stereocenters. The predicted molar refractivity (Wildman–Crippen MR) is 76.1 cm³/mol. The van der Waals surface area contributed by atoms with Crippen molar-refractivity contribution in [3.8, 4) is 5.75 Å². The predicted octanol–water partition coefficient (Wildman–Crippen LogP) is 2.47. The van der Waals surface area contributed by atoms with E-state index >= 15 is 0 Å². The minimum atomic E-state index is 0.524. The Hall–Kier alpha value is -1.63. The third-order valence-electron chi connectivity index (χ3n) is 2.56. The fourth-order valence-electron chi connectivity index (χ4n) is 1.67. The van der Waals surface area contributed by atoms with Gasteiger partial charge in [0.15, 0.2) is 0 Å². The van der Waals surface area contributed by atoms with Gasteiger partial charge in [0.2, 0.25) is 0 Å². The van der Waals surface area contributed by atoms with E-state index < -0.39 is 0 Å². The topological polar surface area (TPSA) is 64.9 Å². The van der Waals surface area contributed by atoms with E-state index in [9.17, 15) is 0 Å². The Morgan fingerprint density at radius 3 is 3.00 bits per heavy atom. The van der Waals surface area contributed by atoms with Gasteiger partial charge in [-0.15, -0.1) is 5.10 Å². The number of hydrogen-bond acceptors (Lipinski definition) is 5. The molecule has 0 amide bonds. The Labute approximate surface area is 120 Å². The van der Waals surface area contributed by atoms with Crippen LogP contribution in [0.25, 0.3) is 0 Å². The van der Waals surface area contributed by atoms with E-state index in [0.717, 1.165) is 28.8 Å². The first-order chi connectivity index (χ1) is 9.22. The van der Waals surface area contributed by atoms with Gasteiger partial charge in [0.25, 0.3) is 5.95 Å². The number of rotatable bonds is 6. The van der Waals surface area contributed by atoms with Crippen LogP contribution in [0.1, 0.15) is 18.9 Å². The van der Waals surface area contributed by atoms with E-state index in [1.54, 1.807) is 11.9 Å². The van der Waals surface area contributed by atoms with Crippen LogP contribution in [-0.4, -0.2) is 27.3 Å². The number of aryl methyl sites for hydroxylation is 1. The second kappa shape index (κ2) is 6.51. The molecule has 7 heteroatoms. The van der Waals surface area contributed by atoms with E-state index in [1.165, 1.54) is 0 Å². The average Bonchev–Trinajstić information content (AvgIpc) is 2.85. The maximum atomic E-state index is 5.31. The molecule has 0 aliphatic heterocycles. The van der Waals surface area contributed by atoms with Gasteiger partial charge in [0, 0.05) is 16.6 Å². The quantitative estimate of drug-likeness (QED) is 0.883. The third kappa shape index (κ3) is 3.66. The van der Waals surface area contributed by atoms with Crippen molar-refractivity contribution in [2.45, 2.75) is 26.4 Å². The molecular formula is C12H16BrN5O. The average molecular weight is 326 g/mol. The van der Waals surface area contributed by atoms with Crippen LogP contribution in [0.4, 0.5) is 5.95 Å². The van der Waals surface area contributed by atoms with Crippen LogP contribution in [0.5, 0.6) is 5.75 Å². The van der Waals surface area contributed by atoms with Crippen LogP contribution in [0.3, 0.4) is 0 Å². The van der Waals surface area contributed by atoms with Crippen LogP contribution in [0.2, 0.25) is 0 Å². The Kier molecular flexibility index (Phi) is 4.73. The number of halogens is 1. The van der Waals surface area contributed by atoms with E-state index in [-0.39, 0.29) is 0 Å². The Morgan fingerprint density at radius 1 is 1.42 bits per heavy atom. The molecule has 0 aliphatic rings. The van der Waals surface area contributed by atoms with Gasteiger partial charge in [-0.1, -0.05) is 28.0 Å². The summed E-state index contributed by atoms with van der Waals surface area (Å²) in [5.74, 6) is 1.35. The number of hydrogen-bond donors (Lipinski definition) is 1. The summed E-state index contributed by atoms with van der Waals surface area (Å²) in [5, 5.41) is 15.3. The van der Waals surface area contributed by atoms with Crippen LogP contribution in [0, 0.1) is 0 Å². The highest BCUT2D eigenvalue weighted by Gasteiger charge is 2.06. The molecule has 0 saturated carbocycles. The minimum Gasteiger partial charge on any atom is -0.496 e. The summed E-state index contributed by atoms with van der Waals surface area (Å²) in [6.07, 6.45) is 0.981. The van der Waals surface area contributed by atoms with Gasteiger partial charge in [-0.2, -0.15) is 4.80 Å². The van der Waals surface area contributed by atoms with Crippen molar-refractivity contribution >= 4 is 21.9 Å². The molecule has 1 N–H and O–H groups in total. The van der Waals surface area contributed by atoms with Crippen molar-refractivity contribution in [1.82, 2.24) is 20.2 Å². The Balaban J connectivity index is 2.03. The van der Waals surface area contributed by atoms with Crippen molar-refractivity contribution in [1.29, 1.82) is 0 Å². The first kappa shape index (κ1) is 13.8. The van der Waals surface area contributed by atoms with Crippen molar-refractivity contribution in [2.75, 3.05) is 12.4 Å². The number of ether oxygens (including phenoxy) is 1. The smallest absolute Gasteiger partial charge is 0.263 e. The maximum Gasteiger partial charge on any atom is 0.263 e. The van der Waals surface area contributed by atoms with E-state index in [1.807, 2.05) is 18.2 Å². The summed E-state index contributed by atoms with van der Waals surface area (Å²) in [6, 6.07) is 5.86. The number of nitrogens with one attached hydrogen (secondary N) is 1. The SMILES string of the molecule is CCCn1nnc(NCc2cc(Br)ccc2OC)n1. The van der Waals surface area contributed by atoms with Crippen molar-refractivity contribution in [2.24, 2.45) is 0 Å². The van der Waals surface area contributed by atoms with Gasteiger partial charge in [0.05, 0.1) is 13.7 Å². The largest absolute Gasteiger partial charge is 0.496 e. The zero-order valence-electron chi connectivity index (χ0n) is 10.9. The number of anilines is 1. The fraction of sp³-hybridized carbons (Fsp3) is 0.417. The van der Waals surface area contributed by atoms with Gasteiger partial charge >= 0.3 is 0 Å². The van der Waals surface area contributed by atoms with Crippen molar-refractivity contribution in [3.05, 3.63) is 28.2 Å². The maximum absolute atomic E-state index is 5.31. The number of nitrogens with zero attached hydrogens (tertiary/aromatic N) is 4. The molecule has 0 spiro atoms. The number of aromatic nitrogens is 4. The molecule has 0 fully saturated rings. The molecule has 2 aromatic rings. The molecule has 0 unspecified atom stereocenters. The summed E-state index contributed by atoms with van der Waals surface area (Å²) in [6.45, 7) is 3.43. The summed E-state index contributed by atoms with van der Waals surface area (Å²) in [7, 11) is 1.66. The third-order valence-corrected chi connectivity index (χ3v) is 3.05. The van der Waals surface area contributed by atoms with Gasteiger partial charge in [-0.25, -0.2) is 0 Å². The van der Waals surface area contributed by atoms with E-state index in [0.29, 0.717) is 12.5 Å². The zero-order valence-corrected chi connectivity index (χ0v) is 12.5. The molecule has 6 nitrogen and oxygen atoms in total. The molecule has 0 saturated heterocycles. The lowest BCUT2D eigenvalue weighted by molar-refractivity contribution is 0.410. The fourth-order valence-corrected chi connectivity index (χ4v) is 2.08. The lowest BCUT2D eigenvalue weighted by Crippen LogP contribution is -2.04. The molecule has 2 rings (SSSR count). The zero-order chi connectivity index (χ0) is 13.7. The summed E-state index contributed by atoms with van der Waals surface area (Å²) < 4.78 is 6.32. The Morgan fingerprint density at radius 2 is 2.26 bits per heavy atom. The number of methoxy groups -OCH3 is 1. The van der Waals surface area contributed by atoms with Crippen molar-refractivity contribution in [3.63, 3.8) is 0 Å². The lowest BCUT2D eigenvalue weighted by atomic mass is 10.2. The van der Waals surface area contributed by atoms with Gasteiger partial charge in [-0.3, -0.25) is 0 Å². The number of tetrazole rings is 1. The number of benzene rings is 1.